The van der Waals surface area contributed by atoms with Crippen LogP contribution in [0.5, 0.6) is 11.6 Å². The second-order valence-corrected chi connectivity index (χ2v) is 6.37. The van der Waals surface area contributed by atoms with Crippen LogP contribution in [0.3, 0.4) is 0 Å². The van der Waals surface area contributed by atoms with Gasteiger partial charge < -0.3 is 10.2 Å². The summed E-state index contributed by atoms with van der Waals surface area (Å²) >= 11 is 0. The van der Waals surface area contributed by atoms with E-state index in [4.69, 9.17) is 10.6 Å². The first kappa shape index (κ1) is 15.2. The highest BCUT2D eigenvalue weighted by Gasteiger charge is 2.13. The van der Waals surface area contributed by atoms with Gasteiger partial charge in [-0.2, -0.15) is 0 Å². The molecule has 0 aliphatic heterocycles. The second-order valence-electron chi connectivity index (χ2n) is 4.35. The Kier molecular flexibility index (Phi) is 4.39. The summed E-state index contributed by atoms with van der Waals surface area (Å²) in [5.74, 6) is 6.59. The van der Waals surface area contributed by atoms with E-state index in [2.05, 4.69) is 15.4 Å². The van der Waals surface area contributed by atoms with E-state index in [1.807, 2.05) is 6.92 Å². The number of rotatable bonds is 5. The van der Waals surface area contributed by atoms with Crippen LogP contribution >= 0.6 is 0 Å². The molecule has 0 aliphatic rings. The van der Waals surface area contributed by atoms with E-state index in [9.17, 15) is 8.42 Å². The average Bonchev–Trinajstić information content (AvgIpc) is 2.46. The lowest BCUT2D eigenvalue weighted by Crippen LogP contribution is -2.12. The Labute approximate surface area is 123 Å². The van der Waals surface area contributed by atoms with Gasteiger partial charge in [-0.05, 0) is 24.6 Å². The molecule has 21 heavy (non-hydrogen) atoms. The molecule has 3 N–H and O–H groups in total. The maximum absolute atomic E-state index is 11.6. The summed E-state index contributed by atoms with van der Waals surface area (Å²) in [4.78, 5) is 8.26. The van der Waals surface area contributed by atoms with Gasteiger partial charge >= 0.3 is 0 Å². The van der Waals surface area contributed by atoms with Crippen molar-refractivity contribution in [2.75, 3.05) is 11.7 Å². The molecule has 0 bridgehead atoms. The molecule has 1 aromatic carbocycles. The molecule has 1 aromatic heterocycles. The van der Waals surface area contributed by atoms with Crippen molar-refractivity contribution >= 4 is 15.7 Å². The van der Waals surface area contributed by atoms with Crippen molar-refractivity contribution in [2.45, 2.75) is 18.2 Å². The van der Waals surface area contributed by atoms with Gasteiger partial charge in [0.25, 0.3) is 0 Å². The van der Waals surface area contributed by atoms with Crippen LogP contribution in [0.15, 0.2) is 35.5 Å². The van der Waals surface area contributed by atoms with Crippen molar-refractivity contribution in [3.63, 3.8) is 0 Å². The molecule has 2 rings (SSSR count). The first-order chi connectivity index (χ1) is 9.95. The van der Waals surface area contributed by atoms with Crippen molar-refractivity contribution in [2.24, 2.45) is 5.84 Å². The second kappa shape index (κ2) is 6.06. The minimum atomic E-state index is -3.29. The number of aromatic nitrogens is 2. The van der Waals surface area contributed by atoms with E-state index in [-0.39, 0.29) is 4.90 Å². The molecule has 0 fully saturated rings. The fourth-order valence-corrected chi connectivity index (χ4v) is 2.46. The topological polar surface area (TPSA) is 107 Å². The smallest absolute Gasteiger partial charge is 0.227 e. The summed E-state index contributed by atoms with van der Waals surface area (Å²) in [6, 6.07) is 6.23. The minimum Gasteiger partial charge on any atom is -0.439 e. The monoisotopic (exact) mass is 308 g/mol. The zero-order valence-corrected chi connectivity index (χ0v) is 12.5. The molecule has 0 saturated heterocycles. The lowest BCUT2D eigenvalue weighted by atomic mass is 10.2. The third-order valence-corrected chi connectivity index (χ3v) is 3.95. The van der Waals surface area contributed by atoms with Crippen molar-refractivity contribution in [3.8, 4) is 11.6 Å². The molecule has 0 unspecified atom stereocenters. The van der Waals surface area contributed by atoms with Gasteiger partial charge in [0, 0.05) is 6.26 Å². The number of nitrogen functional groups attached to an aromatic ring is 1. The van der Waals surface area contributed by atoms with E-state index < -0.39 is 9.84 Å². The van der Waals surface area contributed by atoms with Crippen LogP contribution in [0.25, 0.3) is 0 Å². The first-order valence-corrected chi connectivity index (χ1v) is 8.13. The van der Waals surface area contributed by atoms with Gasteiger partial charge in [0.05, 0.1) is 10.5 Å². The van der Waals surface area contributed by atoms with E-state index >= 15 is 0 Å². The Balaban J connectivity index is 2.39. The first-order valence-electron chi connectivity index (χ1n) is 6.24. The maximum atomic E-state index is 11.6. The van der Waals surface area contributed by atoms with Crippen LogP contribution in [0.2, 0.25) is 0 Å². The van der Waals surface area contributed by atoms with Crippen molar-refractivity contribution in [1.82, 2.24) is 9.97 Å². The van der Waals surface area contributed by atoms with E-state index in [1.165, 1.54) is 18.5 Å². The van der Waals surface area contributed by atoms with Crippen molar-refractivity contribution in [1.29, 1.82) is 0 Å². The number of benzene rings is 1. The number of nitrogens with one attached hydrogen (secondary N) is 1. The predicted octanol–water partition coefficient (Wildman–Crippen LogP) is 1.52. The Morgan fingerprint density at radius 1 is 1.33 bits per heavy atom. The molecule has 112 valence electrons. The highest BCUT2D eigenvalue weighted by Crippen LogP contribution is 2.28. The van der Waals surface area contributed by atoms with Gasteiger partial charge in [0.1, 0.15) is 17.9 Å². The number of hydrogen-bond donors (Lipinski definition) is 2. The molecule has 0 aliphatic carbocycles. The number of nitrogens with two attached hydrogens (primary N) is 1. The third kappa shape index (κ3) is 3.47. The number of nitrogens with zero attached hydrogens (tertiary/aromatic N) is 2. The van der Waals surface area contributed by atoms with Crippen LogP contribution in [-0.4, -0.2) is 24.6 Å². The van der Waals surface area contributed by atoms with Gasteiger partial charge in [-0.3, -0.25) is 0 Å². The standard InChI is InChI=1S/C13H16N4O3S/c1-3-11-12(17-14)15-8-16-13(11)20-9-5-4-6-10(7-9)21(2,18)19/h4-8H,3,14H2,1-2H3,(H,15,16,17). The fraction of sp³-hybridized carbons (Fsp3) is 0.231. The quantitative estimate of drug-likeness (QED) is 0.637. The lowest BCUT2D eigenvalue weighted by Gasteiger charge is -2.12. The van der Waals surface area contributed by atoms with Gasteiger partial charge in [0.2, 0.25) is 5.88 Å². The molecule has 0 spiro atoms. The molecule has 0 radical (unpaired) electrons. The van der Waals surface area contributed by atoms with E-state index in [0.29, 0.717) is 29.4 Å². The average molecular weight is 308 g/mol. The largest absolute Gasteiger partial charge is 0.439 e. The van der Waals surface area contributed by atoms with Crippen LogP contribution in [0, 0.1) is 0 Å². The normalized spacial score (nSPS) is 11.2. The number of hydrogen-bond acceptors (Lipinski definition) is 7. The number of ether oxygens (including phenoxy) is 1. The molecular weight excluding hydrogens is 292 g/mol. The molecule has 8 heteroatoms. The van der Waals surface area contributed by atoms with Gasteiger partial charge in [-0.15, -0.1) is 0 Å². The van der Waals surface area contributed by atoms with Crippen LogP contribution in [0.4, 0.5) is 5.82 Å². The van der Waals surface area contributed by atoms with Crippen LogP contribution in [0.1, 0.15) is 12.5 Å². The number of anilines is 1. The van der Waals surface area contributed by atoms with Crippen LogP contribution in [-0.2, 0) is 16.3 Å². The molecule has 1 heterocycles. The maximum Gasteiger partial charge on any atom is 0.227 e. The van der Waals surface area contributed by atoms with E-state index in [0.717, 1.165) is 6.26 Å². The summed E-state index contributed by atoms with van der Waals surface area (Å²) in [6.45, 7) is 1.92. The van der Waals surface area contributed by atoms with Crippen molar-refractivity contribution < 1.29 is 13.2 Å². The van der Waals surface area contributed by atoms with Crippen LogP contribution < -0.4 is 16.0 Å². The molecule has 7 nitrogen and oxygen atoms in total. The zero-order valence-electron chi connectivity index (χ0n) is 11.7. The SMILES string of the molecule is CCc1c(NN)ncnc1Oc1cccc(S(C)(=O)=O)c1. The van der Waals surface area contributed by atoms with Crippen molar-refractivity contribution in [3.05, 3.63) is 36.2 Å². The fourth-order valence-electron chi connectivity index (χ4n) is 1.81. The molecule has 0 atom stereocenters. The Hall–Kier alpha value is -2.19. The summed E-state index contributed by atoms with van der Waals surface area (Å²) in [5, 5.41) is 0. The Morgan fingerprint density at radius 2 is 2.10 bits per heavy atom. The summed E-state index contributed by atoms with van der Waals surface area (Å²) in [7, 11) is -3.29. The lowest BCUT2D eigenvalue weighted by molar-refractivity contribution is 0.454. The highest BCUT2D eigenvalue weighted by atomic mass is 32.2. The third-order valence-electron chi connectivity index (χ3n) is 2.84. The molecule has 0 amide bonds. The molecular formula is C13H16N4O3S. The number of hydrazine groups is 1. The number of sulfone groups is 1. The van der Waals surface area contributed by atoms with Gasteiger partial charge in [-0.25, -0.2) is 24.2 Å². The summed E-state index contributed by atoms with van der Waals surface area (Å²) in [5.41, 5.74) is 3.19. The Morgan fingerprint density at radius 3 is 2.71 bits per heavy atom. The minimum absolute atomic E-state index is 0.185. The van der Waals surface area contributed by atoms with Gasteiger partial charge in [0.15, 0.2) is 9.84 Å². The zero-order chi connectivity index (χ0) is 15.5. The highest BCUT2D eigenvalue weighted by molar-refractivity contribution is 7.90. The molecule has 2 aromatic rings. The van der Waals surface area contributed by atoms with Gasteiger partial charge in [-0.1, -0.05) is 13.0 Å². The predicted molar refractivity (Wildman–Crippen MR) is 78.8 cm³/mol. The molecule has 0 saturated carbocycles. The Bertz CT molecular complexity index is 747. The summed E-state index contributed by atoms with van der Waals surface area (Å²) < 4.78 is 28.8. The van der Waals surface area contributed by atoms with E-state index in [1.54, 1.807) is 12.1 Å². The summed E-state index contributed by atoms with van der Waals surface area (Å²) in [6.07, 6.45) is 3.08.